The van der Waals surface area contributed by atoms with Gasteiger partial charge in [-0.25, -0.2) is 8.42 Å². The van der Waals surface area contributed by atoms with E-state index >= 15 is 0 Å². The largest absolute Gasteiger partial charge is 0.454 e. The van der Waals surface area contributed by atoms with Crippen molar-refractivity contribution >= 4 is 10.0 Å². The number of ether oxygens (including phenoxy) is 2. The minimum Gasteiger partial charge on any atom is -0.454 e. The molecule has 2 aromatic carbocycles. The van der Waals surface area contributed by atoms with Crippen molar-refractivity contribution in [2.45, 2.75) is 24.2 Å². The van der Waals surface area contributed by atoms with Gasteiger partial charge in [0.15, 0.2) is 11.5 Å². The molecule has 0 N–H and O–H groups in total. The zero-order chi connectivity index (χ0) is 18.9. The number of hydrogen-bond acceptors (Lipinski definition) is 5. The van der Waals surface area contributed by atoms with Crippen LogP contribution in [-0.2, 0) is 16.4 Å². The predicted molar refractivity (Wildman–Crippen MR) is 98.9 cm³/mol. The Bertz CT molecular complexity index is 972. The highest BCUT2D eigenvalue weighted by atomic mass is 32.2. The molecule has 6 nitrogen and oxygen atoms in total. The van der Waals surface area contributed by atoms with Gasteiger partial charge in [-0.1, -0.05) is 6.07 Å². The lowest BCUT2D eigenvalue weighted by Gasteiger charge is -2.31. The van der Waals surface area contributed by atoms with E-state index in [4.69, 9.17) is 14.7 Å². The van der Waals surface area contributed by atoms with Crippen LogP contribution >= 0.6 is 0 Å². The van der Waals surface area contributed by atoms with Crippen LogP contribution in [0.1, 0.15) is 24.0 Å². The zero-order valence-corrected chi connectivity index (χ0v) is 15.6. The molecule has 0 atom stereocenters. The number of piperidine rings is 1. The average molecular weight is 384 g/mol. The first-order valence-electron chi connectivity index (χ1n) is 8.95. The molecule has 0 unspecified atom stereocenters. The first-order valence-corrected chi connectivity index (χ1v) is 10.4. The topological polar surface area (TPSA) is 79.6 Å². The Balaban J connectivity index is 1.38. The van der Waals surface area contributed by atoms with E-state index in [0.717, 1.165) is 30.8 Å². The van der Waals surface area contributed by atoms with Crippen LogP contribution in [0.3, 0.4) is 0 Å². The lowest BCUT2D eigenvalue weighted by molar-refractivity contribution is 0.174. The Kier molecular flexibility index (Phi) is 4.77. The second-order valence-corrected chi connectivity index (χ2v) is 8.81. The van der Waals surface area contributed by atoms with Gasteiger partial charge in [0.25, 0.3) is 0 Å². The van der Waals surface area contributed by atoms with Crippen LogP contribution in [-0.4, -0.2) is 32.6 Å². The molecular weight excluding hydrogens is 364 g/mol. The number of nitriles is 1. The van der Waals surface area contributed by atoms with Crippen LogP contribution in [0.15, 0.2) is 47.4 Å². The SMILES string of the molecule is N#Cc1ccc(S(=O)(=O)N2CCC(Cc3ccc4c(c3)OCO4)CC2)cc1. The van der Waals surface area contributed by atoms with Crippen LogP contribution in [0.5, 0.6) is 11.5 Å². The van der Waals surface area contributed by atoms with Gasteiger partial charge in [-0.3, -0.25) is 0 Å². The van der Waals surface area contributed by atoms with Gasteiger partial charge in [0.2, 0.25) is 16.8 Å². The summed E-state index contributed by atoms with van der Waals surface area (Å²) in [5.74, 6) is 2.01. The Hall–Kier alpha value is -2.56. The van der Waals surface area contributed by atoms with E-state index in [1.54, 1.807) is 16.4 Å². The average Bonchev–Trinajstić information content (AvgIpc) is 3.16. The number of nitrogens with zero attached hydrogens (tertiary/aromatic N) is 2. The Morgan fingerprint density at radius 2 is 1.74 bits per heavy atom. The second kappa shape index (κ2) is 7.22. The molecule has 2 aromatic rings. The zero-order valence-electron chi connectivity index (χ0n) is 14.8. The first kappa shape index (κ1) is 17.8. The number of hydrogen-bond donors (Lipinski definition) is 0. The summed E-state index contributed by atoms with van der Waals surface area (Å²) in [7, 11) is -3.50. The van der Waals surface area contributed by atoms with Gasteiger partial charge >= 0.3 is 0 Å². The summed E-state index contributed by atoms with van der Waals surface area (Å²) in [6, 6.07) is 14.1. The second-order valence-electron chi connectivity index (χ2n) is 6.88. The molecule has 0 spiro atoms. The molecule has 0 aliphatic carbocycles. The van der Waals surface area contributed by atoms with Crippen LogP contribution < -0.4 is 9.47 Å². The summed E-state index contributed by atoms with van der Waals surface area (Å²) in [5.41, 5.74) is 1.64. The van der Waals surface area contributed by atoms with Gasteiger partial charge in [-0.15, -0.1) is 0 Å². The Morgan fingerprint density at radius 1 is 1.04 bits per heavy atom. The monoisotopic (exact) mass is 384 g/mol. The van der Waals surface area contributed by atoms with Gasteiger partial charge in [0.05, 0.1) is 16.5 Å². The molecule has 0 bridgehead atoms. The molecule has 0 amide bonds. The summed E-state index contributed by atoms with van der Waals surface area (Å²) < 4.78 is 37.9. The van der Waals surface area contributed by atoms with Crippen molar-refractivity contribution < 1.29 is 17.9 Å². The molecule has 27 heavy (non-hydrogen) atoms. The summed E-state index contributed by atoms with van der Waals surface area (Å²) in [6.07, 6.45) is 2.55. The van der Waals surface area contributed by atoms with Crippen LogP contribution in [0, 0.1) is 17.2 Å². The van der Waals surface area contributed by atoms with E-state index in [-0.39, 0.29) is 11.7 Å². The molecule has 1 saturated heterocycles. The molecule has 0 saturated carbocycles. The minimum atomic E-state index is -3.50. The van der Waals surface area contributed by atoms with E-state index in [9.17, 15) is 8.42 Å². The van der Waals surface area contributed by atoms with Crippen LogP contribution in [0.4, 0.5) is 0 Å². The van der Waals surface area contributed by atoms with Crippen LogP contribution in [0.25, 0.3) is 0 Å². The summed E-state index contributed by atoms with van der Waals surface area (Å²) in [6.45, 7) is 1.29. The van der Waals surface area contributed by atoms with Crippen molar-refractivity contribution in [3.63, 3.8) is 0 Å². The molecule has 0 aromatic heterocycles. The third kappa shape index (κ3) is 3.64. The summed E-state index contributed by atoms with van der Waals surface area (Å²) in [5, 5.41) is 8.86. The van der Waals surface area contributed by atoms with Gasteiger partial charge < -0.3 is 9.47 Å². The maximum absolute atomic E-state index is 12.8. The van der Waals surface area contributed by atoms with Crippen molar-refractivity contribution in [1.82, 2.24) is 4.31 Å². The standard InChI is InChI=1S/C20H20N2O4S/c21-13-16-1-4-18(5-2-16)27(23,24)22-9-7-15(8-10-22)11-17-3-6-19-20(12-17)26-14-25-19/h1-6,12,15H,7-11,14H2. The molecule has 2 heterocycles. The van der Waals surface area contributed by atoms with Gasteiger partial charge in [0, 0.05) is 13.1 Å². The Morgan fingerprint density at radius 3 is 2.44 bits per heavy atom. The fourth-order valence-corrected chi connectivity index (χ4v) is 5.08. The predicted octanol–water partition coefficient (Wildman–Crippen LogP) is 2.93. The van der Waals surface area contributed by atoms with E-state index in [2.05, 4.69) is 0 Å². The lowest BCUT2D eigenvalue weighted by Crippen LogP contribution is -2.38. The quantitative estimate of drug-likeness (QED) is 0.810. The third-order valence-electron chi connectivity index (χ3n) is 5.16. The van der Waals surface area contributed by atoms with Crippen molar-refractivity contribution in [2.24, 2.45) is 5.92 Å². The van der Waals surface area contributed by atoms with Crippen molar-refractivity contribution in [2.75, 3.05) is 19.9 Å². The van der Waals surface area contributed by atoms with E-state index < -0.39 is 10.0 Å². The normalized spacial score (nSPS) is 17.6. The Labute approximate surface area is 159 Å². The maximum Gasteiger partial charge on any atom is 0.243 e. The molecule has 2 aliphatic rings. The number of sulfonamides is 1. The van der Waals surface area contributed by atoms with Crippen molar-refractivity contribution in [3.8, 4) is 17.6 Å². The highest BCUT2D eigenvalue weighted by molar-refractivity contribution is 7.89. The van der Waals surface area contributed by atoms with E-state index in [1.807, 2.05) is 24.3 Å². The summed E-state index contributed by atoms with van der Waals surface area (Å²) >= 11 is 0. The molecule has 0 radical (unpaired) electrons. The highest BCUT2D eigenvalue weighted by Gasteiger charge is 2.29. The van der Waals surface area contributed by atoms with Crippen LogP contribution in [0.2, 0.25) is 0 Å². The molecule has 4 rings (SSSR count). The van der Waals surface area contributed by atoms with Gasteiger partial charge in [0.1, 0.15) is 0 Å². The lowest BCUT2D eigenvalue weighted by atomic mass is 9.91. The van der Waals surface area contributed by atoms with Crippen molar-refractivity contribution in [3.05, 3.63) is 53.6 Å². The molecule has 2 aliphatic heterocycles. The molecule has 7 heteroatoms. The molecular formula is C20H20N2O4S. The smallest absolute Gasteiger partial charge is 0.243 e. The number of rotatable bonds is 4. The fraction of sp³-hybridized carbons (Fsp3) is 0.350. The minimum absolute atomic E-state index is 0.246. The molecule has 140 valence electrons. The third-order valence-corrected chi connectivity index (χ3v) is 7.07. The van der Waals surface area contributed by atoms with Crippen molar-refractivity contribution in [1.29, 1.82) is 5.26 Å². The van der Waals surface area contributed by atoms with E-state index in [1.165, 1.54) is 17.7 Å². The number of fused-ring (bicyclic) bond motifs is 1. The molecule has 1 fully saturated rings. The van der Waals surface area contributed by atoms with Gasteiger partial charge in [-0.2, -0.15) is 9.57 Å². The summed E-state index contributed by atoms with van der Waals surface area (Å²) in [4.78, 5) is 0.246. The maximum atomic E-state index is 12.8. The van der Waals surface area contributed by atoms with Gasteiger partial charge in [-0.05, 0) is 67.1 Å². The number of benzene rings is 2. The fourth-order valence-electron chi connectivity index (χ4n) is 3.61. The first-order chi connectivity index (χ1) is 13.1. The highest BCUT2D eigenvalue weighted by Crippen LogP contribution is 2.34. The van der Waals surface area contributed by atoms with E-state index in [0.29, 0.717) is 24.6 Å².